The lowest BCUT2D eigenvalue weighted by Crippen LogP contribution is -2.51. The summed E-state index contributed by atoms with van der Waals surface area (Å²) in [6.07, 6.45) is -2.84. The third-order valence-electron chi connectivity index (χ3n) is 3.04. The van der Waals surface area contributed by atoms with Gasteiger partial charge in [0.1, 0.15) is 0 Å². The van der Waals surface area contributed by atoms with Crippen LogP contribution in [0.4, 0.5) is 13.2 Å². The highest BCUT2D eigenvalue weighted by Crippen LogP contribution is 2.31. The second kappa shape index (κ2) is 4.40. The van der Waals surface area contributed by atoms with E-state index in [-0.39, 0.29) is 31.4 Å². The van der Waals surface area contributed by atoms with Gasteiger partial charge in [-0.15, -0.1) is 0 Å². The minimum absolute atomic E-state index is 0.158. The highest BCUT2D eigenvalue weighted by atomic mass is 32.2. The Morgan fingerprint density at radius 2 is 1.59 bits per heavy atom. The van der Waals surface area contributed by atoms with Crippen molar-refractivity contribution in [3.05, 3.63) is 0 Å². The van der Waals surface area contributed by atoms with Crippen LogP contribution < -0.4 is 0 Å². The highest BCUT2D eigenvalue weighted by Gasteiger charge is 2.41. The van der Waals surface area contributed by atoms with Gasteiger partial charge in [-0.1, -0.05) is 0 Å². The molecule has 100 valence electrons. The van der Waals surface area contributed by atoms with Gasteiger partial charge < -0.3 is 0 Å². The molecule has 0 aromatic heterocycles. The molecule has 8 heteroatoms. The van der Waals surface area contributed by atoms with E-state index in [0.717, 1.165) is 0 Å². The monoisotopic (exact) mass is 272 g/mol. The van der Waals surface area contributed by atoms with Gasteiger partial charge in [-0.2, -0.15) is 17.5 Å². The zero-order valence-corrected chi connectivity index (χ0v) is 10.1. The molecule has 2 rings (SSSR count). The van der Waals surface area contributed by atoms with Crippen molar-refractivity contribution < 1.29 is 21.6 Å². The van der Waals surface area contributed by atoms with Crippen LogP contribution in [0.15, 0.2) is 0 Å². The first kappa shape index (κ1) is 13.1. The Morgan fingerprint density at radius 1 is 1.06 bits per heavy atom. The molecule has 1 saturated carbocycles. The van der Waals surface area contributed by atoms with E-state index in [1.54, 1.807) is 0 Å². The Hall–Kier alpha value is -0.340. The minimum Gasteiger partial charge on any atom is -0.292 e. The molecule has 0 atom stereocenters. The van der Waals surface area contributed by atoms with Gasteiger partial charge in [0.2, 0.25) is 10.0 Å². The fraction of sp³-hybridized carbons (Fsp3) is 1.00. The molecule has 0 radical (unpaired) electrons. The normalized spacial score (nSPS) is 25.1. The van der Waals surface area contributed by atoms with Gasteiger partial charge in [-0.3, -0.25) is 4.90 Å². The first-order valence-corrected chi connectivity index (χ1v) is 7.07. The molecule has 0 N–H and O–H groups in total. The number of sulfonamides is 1. The van der Waals surface area contributed by atoms with Crippen molar-refractivity contribution in [3.63, 3.8) is 0 Å². The van der Waals surface area contributed by atoms with Gasteiger partial charge in [-0.25, -0.2) is 8.42 Å². The van der Waals surface area contributed by atoms with Crippen LogP contribution in [-0.4, -0.2) is 61.8 Å². The lowest BCUT2D eigenvalue weighted by molar-refractivity contribution is -0.148. The molecule has 1 saturated heterocycles. The third-order valence-corrected chi connectivity index (χ3v) is 5.44. The number of rotatable bonds is 3. The fourth-order valence-corrected chi connectivity index (χ4v) is 3.80. The molecule has 0 amide bonds. The second-order valence-corrected chi connectivity index (χ2v) is 6.75. The number of halogens is 3. The molecule has 0 unspecified atom stereocenters. The van der Waals surface area contributed by atoms with Crippen molar-refractivity contribution in [2.75, 3.05) is 32.7 Å². The summed E-state index contributed by atoms with van der Waals surface area (Å²) in [7, 11) is -3.23. The SMILES string of the molecule is O=S(=O)(C1CC1)N1CCN(CC(F)(F)F)CC1. The smallest absolute Gasteiger partial charge is 0.292 e. The Balaban J connectivity index is 1.86. The van der Waals surface area contributed by atoms with E-state index in [9.17, 15) is 21.6 Å². The molecule has 1 aliphatic heterocycles. The average molecular weight is 272 g/mol. The Bertz CT molecular complexity index is 370. The first-order chi connectivity index (χ1) is 7.79. The molecule has 1 heterocycles. The standard InChI is InChI=1S/C9H15F3N2O2S/c10-9(11,12)7-13-3-5-14(6-4-13)17(15,16)8-1-2-8/h8H,1-7H2. The molecule has 1 aliphatic carbocycles. The summed E-state index contributed by atoms with van der Waals surface area (Å²) >= 11 is 0. The fourth-order valence-electron chi connectivity index (χ4n) is 1.97. The molecule has 0 bridgehead atoms. The maximum Gasteiger partial charge on any atom is 0.401 e. The van der Waals surface area contributed by atoms with Gasteiger partial charge in [0, 0.05) is 26.2 Å². The van der Waals surface area contributed by atoms with E-state index in [1.165, 1.54) is 9.21 Å². The second-order valence-electron chi connectivity index (χ2n) is 4.53. The lowest BCUT2D eigenvalue weighted by atomic mass is 10.3. The van der Waals surface area contributed by atoms with E-state index in [0.29, 0.717) is 12.8 Å². The van der Waals surface area contributed by atoms with Crippen LogP contribution >= 0.6 is 0 Å². The van der Waals surface area contributed by atoms with Gasteiger partial charge in [0.15, 0.2) is 0 Å². The number of alkyl halides is 3. The maximum absolute atomic E-state index is 12.1. The van der Waals surface area contributed by atoms with Crippen molar-refractivity contribution in [2.24, 2.45) is 0 Å². The lowest BCUT2D eigenvalue weighted by Gasteiger charge is -2.34. The summed E-state index contributed by atoms with van der Waals surface area (Å²) in [4.78, 5) is 1.25. The minimum atomic E-state index is -4.21. The van der Waals surface area contributed by atoms with Crippen molar-refractivity contribution in [3.8, 4) is 0 Å². The summed E-state index contributed by atoms with van der Waals surface area (Å²) in [6, 6.07) is 0. The molecule has 2 fully saturated rings. The van der Waals surface area contributed by atoms with Gasteiger partial charge >= 0.3 is 6.18 Å². The predicted molar refractivity (Wildman–Crippen MR) is 56.0 cm³/mol. The predicted octanol–water partition coefficient (Wildman–Crippen LogP) is 0.659. The van der Waals surface area contributed by atoms with E-state index in [2.05, 4.69) is 0 Å². The van der Waals surface area contributed by atoms with E-state index < -0.39 is 22.7 Å². The van der Waals surface area contributed by atoms with E-state index in [4.69, 9.17) is 0 Å². The molecular formula is C9H15F3N2O2S. The van der Waals surface area contributed by atoms with Crippen LogP contribution in [0.5, 0.6) is 0 Å². The zero-order valence-electron chi connectivity index (χ0n) is 9.28. The summed E-state index contributed by atoms with van der Waals surface area (Å²) < 4.78 is 61.4. The molecular weight excluding hydrogens is 257 g/mol. The Kier molecular flexibility index (Phi) is 3.39. The molecule has 0 aromatic rings. The van der Waals surface area contributed by atoms with E-state index >= 15 is 0 Å². The number of hydrogen-bond acceptors (Lipinski definition) is 3. The van der Waals surface area contributed by atoms with Crippen molar-refractivity contribution in [1.82, 2.24) is 9.21 Å². The number of nitrogens with zero attached hydrogens (tertiary/aromatic N) is 2. The summed E-state index contributed by atoms with van der Waals surface area (Å²) in [5.41, 5.74) is 0. The maximum atomic E-state index is 12.1. The van der Waals surface area contributed by atoms with Crippen LogP contribution in [0.2, 0.25) is 0 Å². The summed E-state index contributed by atoms with van der Waals surface area (Å²) in [6.45, 7) is -0.287. The summed E-state index contributed by atoms with van der Waals surface area (Å²) in [5.74, 6) is 0. The van der Waals surface area contributed by atoms with Crippen LogP contribution in [0.3, 0.4) is 0 Å². The van der Waals surface area contributed by atoms with Crippen LogP contribution in [-0.2, 0) is 10.0 Å². The van der Waals surface area contributed by atoms with Crippen LogP contribution in [0.25, 0.3) is 0 Å². The number of hydrogen-bond donors (Lipinski definition) is 0. The van der Waals surface area contributed by atoms with Crippen molar-refractivity contribution in [2.45, 2.75) is 24.3 Å². The topological polar surface area (TPSA) is 40.6 Å². The quantitative estimate of drug-likeness (QED) is 0.758. The largest absolute Gasteiger partial charge is 0.401 e. The van der Waals surface area contributed by atoms with Crippen LogP contribution in [0.1, 0.15) is 12.8 Å². The molecule has 2 aliphatic rings. The van der Waals surface area contributed by atoms with Gasteiger partial charge in [0.25, 0.3) is 0 Å². The third kappa shape index (κ3) is 3.32. The van der Waals surface area contributed by atoms with Crippen LogP contribution in [0, 0.1) is 0 Å². The first-order valence-electron chi connectivity index (χ1n) is 5.57. The Labute approximate surface area is 98.4 Å². The van der Waals surface area contributed by atoms with Gasteiger partial charge in [-0.05, 0) is 12.8 Å². The average Bonchev–Trinajstić information content (AvgIpc) is 2.98. The zero-order chi connectivity index (χ0) is 12.7. The van der Waals surface area contributed by atoms with Gasteiger partial charge in [0.05, 0.1) is 11.8 Å². The molecule has 0 aromatic carbocycles. The van der Waals surface area contributed by atoms with E-state index in [1.807, 2.05) is 0 Å². The summed E-state index contributed by atoms with van der Waals surface area (Å²) in [5, 5.41) is -0.281. The highest BCUT2D eigenvalue weighted by molar-refractivity contribution is 7.90. The molecule has 17 heavy (non-hydrogen) atoms. The van der Waals surface area contributed by atoms with Crippen molar-refractivity contribution in [1.29, 1.82) is 0 Å². The van der Waals surface area contributed by atoms with Crippen molar-refractivity contribution >= 4 is 10.0 Å². The molecule has 0 spiro atoms. The number of piperazine rings is 1. The Morgan fingerprint density at radius 3 is 2.00 bits per heavy atom. The molecule has 4 nitrogen and oxygen atoms in total.